The van der Waals surface area contributed by atoms with Crippen molar-refractivity contribution >= 4 is 0 Å². The molecule has 0 saturated carbocycles. The molecule has 0 N–H and O–H groups in total. The maximum atomic E-state index is 12.3. The highest BCUT2D eigenvalue weighted by Gasteiger charge is 2.18. The SMILES string of the molecule is CC(C)Oc1cc(C(C)(C)C)ccc1OC(F)F. The Hall–Kier alpha value is -1.32. The second kappa shape index (κ2) is 5.55. The third-order valence-electron chi connectivity index (χ3n) is 2.39. The number of alkyl halides is 2. The van der Waals surface area contributed by atoms with Crippen LogP contribution in [-0.4, -0.2) is 12.7 Å². The lowest BCUT2D eigenvalue weighted by molar-refractivity contribution is -0.0519. The first kappa shape index (κ1) is 14.7. The fraction of sp³-hybridized carbons (Fsp3) is 0.571. The molecular formula is C14H20F2O2. The first-order chi connectivity index (χ1) is 8.20. The van der Waals surface area contributed by atoms with Crippen LogP contribution in [0.25, 0.3) is 0 Å². The molecule has 0 amide bonds. The van der Waals surface area contributed by atoms with Gasteiger partial charge < -0.3 is 9.47 Å². The quantitative estimate of drug-likeness (QED) is 0.798. The van der Waals surface area contributed by atoms with Gasteiger partial charge in [-0.1, -0.05) is 26.8 Å². The molecule has 1 rings (SSSR count). The van der Waals surface area contributed by atoms with Gasteiger partial charge in [-0.3, -0.25) is 0 Å². The van der Waals surface area contributed by atoms with E-state index in [0.717, 1.165) is 5.56 Å². The lowest BCUT2D eigenvalue weighted by Crippen LogP contribution is -2.14. The summed E-state index contributed by atoms with van der Waals surface area (Å²) in [6.07, 6.45) is -0.0970. The van der Waals surface area contributed by atoms with E-state index in [1.807, 2.05) is 13.8 Å². The summed E-state index contributed by atoms with van der Waals surface area (Å²) >= 11 is 0. The monoisotopic (exact) mass is 258 g/mol. The molecule has 18 heavy (non-hydrogen) atoms. The Labute approximate surface area is 107 Å². The van der Waals surface area contributed by atoms with Crippen LogP contribution >= 0.6 is 0 Å². The van der Waals surface area contributed by atoms with Gasteiger partial charge in [0.05, 0.1) is 6.10 Å². The highest BCUT2D eigenvalue weighted by atomic mass is 19.3. The molecule has 0 radical (unpaired) electrons. The van der Waals surface area contributed by atoms with E-state index in [9.17, 15) is 8.78 Å². The zero-order valence-corrected chi connectivity index (χ0v) is 11.5. The van der Waals surface area contributed by atoms with E-state index in [0.29, 0.717) is 5.75 Å². The van der Waals surface area contributed by atoms with Gasteiger partial charge in [0, 0.05) is 0 Å². The molecule has 1 aromatic carbocycles. The average Bonchev–Trinajstić information content (AvgIpc) is 2.17. The van der Waals surface area contributed by atoms with E-state index in [4.69, 9.17) is 4.74 Å². The van der Waals surface area contributed by atoms with Crippen LogP contribution in [0.2, 0.25) is 0 Å². The Kier molecular flexibility index (Phi) is 4.54. The molecule has 0 saturated heterocycles. The average molecular weight is 258 g/mol. The fourth-order valence-electron chi connectivity index (χ4n) is 1.51. The molecule has 0 aromatic heterocycles. The van der Waals surface area contributed by atoms with Crippen molar-refractivity contribution in [2.75, 3.05) is 0 Å². The normalized spacial score (nSPS) is 12.1. The minimum Gasteiger partial charge on any atom is -0.487 e. The molecule has 0 bridgehead atoms. The summed E-state index contributed by atoms with van der Waals surface area (Å²) in [6.45, 7) is 6.99. The largest absolute Gasteiger partial charge is 0.487 e. The van der Waals surface area contributed by atoms with Gasteiger partial charge in [-0.2, -0.15) is 8.78 Å². The third kappa shape index (κ3) is 4.17. The van der Waals surface area contributed by atoms with E-state index < -0.39 is 6.61 Å². The summed E-state index contributed by atoms with van der Waals surface area (Å²) in [5.74, 6) is 0.435. The van der Waals surface area contributed by atoms with Crippen molar-refractivity contribution in [2.45, 2.75) is 52.7 Å². The fourth-order valence-corrected chi connectivity index (χ4v) is 1.51. The molecule has 0 aliphatic heterocycles. The Bertz CT molecular complexity index is 395. The van der Waals surface area contributed by atoms with E-state index >= 15 is 0 Å². The van der Waals surface area contributed by atoms with Crippen molar-refractivity contribution in [3.8, 4) is 11.5 Å². The minimum atomic E-state index is -2.85. The predicted octanol–water partition coefficient (Wildman–Crippen LogP) is 4.37. The van der Waals surface area contributed by atoms with Crippen LogP contribution in [0.3, 0.4) is 0 Å². The molecule has 0 unspecified atom stereocenters. The maximum absolute atomic E-state index is 12.3. The molecule has 102 valence electrons. The number of hydrogen-bond acceptors (Lipinski definition) is 2. The van der Waals surface area contributed by atoms with Gasteiger partial charge in [0.2, 0.25) is 0 Å². The standard InChI is InChI=1S/C14H20F2O2/c1-9(2)17-12-8-10(14(3,4)5)6-7-11(12)18-13(15)16/h6-9,13H,1-5H3. The molecule has 0 atom stereocenters. The number of hydrogen-bond donors (Lipinski definition) is 0. The summed E-state index contributed by atoms with van der Waals surface area (Å²) in [5, 5.41) is 0. The Morgan fingerprint density at radius 3 is 2.06 bits per heavy atom. The molecule has 4 heteroatoms. The van der Waals surface area contributed by atoms with Crippen molar-refractivity contribution in [3.63, 3.8) is 0 Å². The van der Waals surface area contributed by atoms with E-state index in [1.165, 1.54) is 6.07 Å². The van der Waals surface area contributed by atoms with Crippen LogP contribution in [0.4, 0.5) is 8.78 Å². The summed E-state index contributed by atoms with van der Waals surface area (Å²) in [6, 6.07) is 5.08. The van der Waals surface area contributed by atoms with Gasteiger partial charge in [0.1, 0.15) is 0 Å². The van der Waals surface area contributed by atoms with Crippen LogP contribution in [0.5, 0.6) is 11.5 Å². The summed E-state index contributed by atoms with van der Waals surface area (Å²) in [5.41, 5.74) is 0.943. The van der Waals surface area contributed by atoms with Crippen LogP contribution in [-0.2, 0) is 5.41 Å². The van der Waals surface area contributed by atoms with Gasteiger partial charge >= 0.3 is 6.61 Å². The molecule has 0 aliphatic carbocycles. The second-order valence-electron chi connectivity index (χ2n) is 5.46. The van der Waals surface area contributed by atoms with Crippen LogP contribution in [0.15, 0.2) is 18.2 Å². The molecule has 2 nitrogen and oxygen atoms in total. The highest BCUT2D eigenvalue weighted by Crippen LogP contribution is 2.34. The third-order valence-corrected chi connectivity index (χ3v) is 2.39. The lowest BCUT2D eigenvalue weighted by atomic mass is 9.87. The Morgan fingerprint density at radius 1 is 1.00 bits per heavy atom. The van der Waals surface area contributed by atoms with Crippen molar-refractivity contribution in [2.24, 2.45) is 0 Å². The minimum absolute atomic E-state index is 0.0710. The van der Waals surface area contributed by atoms with Crippen LogP contribution in [0, 0.1) is 0 Å². The molecule has 1 aromatic rings. The van der Waals surface area contributed by atoms with Crippen molar-refractivity contribution < 1.29 is 18.3 Å². The zero-order chi connectivity index (χ0) is 13.9. The molecular weight excluding hydrogens is 238 g/mol. The number of ether oxygens (including phenoxy) is 2. The summed E-state index contributed by atoms with van der Waals surface area (Å²) in [7, 11) is 0. The molecule has 0 fully saturated rings. The first-order valence-corrected chi connectivity index (χ1v) is 5.96. The van der Waals surface area contributed by atoms with Crippen LogP contribution in [0.1, 0.15) is 40.2 Å². The number of rotatable bonds is 4. The summed E-state index contributed by atoms with van der Waals surface area (Å²) < 4.78 is 34.6. The Balaban J connectivity index is 3.12. The number of benzene rings is 1. The van der Waals surface area contributed by atoms with E-state index in [2.05, 4.69) is 25.5 Å². The zero-order valence-electron chi connectivity index (χ0n) is 11.5. The predicted molar refractivity (Wildman–Crippen MR) is 67.5 cm³/mol. The molecule has 0 spiro atoms. The topological polar surface area (TPSA) is 18.5 Å². The number of halogens is 2. The van der Waals surface area contributed by atoms with Crippen LogP contribution < -0.4 is 9.47 Å². The maximum Gasteiger partial charge on any atom is 0.387 e. The lowest BCUT2D eigenvalue weighted by Gasteiger charge is -2.22. The van der Waals surface area contributed by atoms with Gasteiger partial charge in [0.25, 0.3) is 0 Å². The van der Waals surface area contributed by atoms with Gasteiger partial charge in [-0.15, -0.1) is 0 Å². The smallest absolute Gasteiger partial charge is 0.387 e. The van der Waals surface area contributed by atoms with Gasteiger partial charge in [0.15, 0.2) is 11.5 Å². The first-order valence-electron chi connectivity index (χ1n) is 5.96. The van der Waals surface area contributed by atoms with E-state index in [1.54, 1.807) is 12.1 Å². The van der Waals surface area contributed by atoms with E-state index in [-0.39, 0.29) is 17.3 Å². The van der Waals surface area contributed by atoms with Gasteiger partial charge in [-0.25, -0.2) is 0 Å². The summed E-state index contributed by atoms with van der Waals surface area (Å²) in [4.78, 5) is 0. The van der Waals surface area contributed by atoms with Crippen molar-refractivity contribution in [1.82, 2.24) is 0 Å². The highest BCUT2D eigenvalue weighted by molar-refractivity contribution is 5.45. The Morgan fingerprint density at radius 2 is 1.61 bits per heavy atom. The van der Waals surface area contributed by atoms with Crippen molar-refractivity contribution in [3.05, 3.63) is 23.8 Å². The molecule has 0 heterocycles. The second-order valence-corrected chi connectivity index (χ2v) is 5.46. The molecule has 0 aliphatic rings. The van der Waals surface area contributed by atoms with Gasteiger partial charge in [-0.05, 0) is 37.0 Å². The van der Waals surface area contributed by atoms with Crippen molar-refractivity contribution in [1.29, 1.82) is 0 Å².